The summed E-state index contributed by atoms with van der Waals surface area (Å²) in [4.78, 5) is 0. The minimum Gasteiger partial charge on any atom is -0.487 e. The second kappa shape index (κ2) is 5.23. The third-order valence-electron chi connectivity index (χ3n) is 2.84. The molecule has 0 unspecified atom stereocenters. The number of rotatable bonds is 4. The Bertz CT molecular complexity index is 532. The molecule has 1 N–H and O–H groups in total. The van der Waals surface area contributed by atoms with Gasteiger partial charge in [-0.3, -0.25) is 4.68 Å². The molecule has 2 rings (SSSR count). The van der Waals surface area contributed by atoms with E-state index in [1.807, 2.05) is 44.3 Å². The maximum Gasteiger partial charge on any atom is 0.130 e. The van der Waals surface area contributed by atoms with Crippen molar-refractivity contribution in [2.75, 3.05) is 0 Å². The van der Waals surface area contributed by atoms with Crippen LogP contribution in [0.5, 0.6) is 5.75 Å². The number of nitrogens with zero attached hydrogens (tertiary/aromatic N) is 2. The minimum atomic E-state index is -0.533. The zero-order chi connectivity index (χ0) is 13.1. The van der Waals surface area contributed by atoms with Crippen LogP contribution in [0.15, 0.2) is 30.3 Å². The highest BCUT2D eigenvalue weighted by Gasteiger charge is 2.09. The lowest BCUT2D eigenvalue weighted by molar-refractivity contribution is 0.189. The molecule has 0 radical (unpaired) electrons. The highest BCUT2D eigenvalue weighted by molar-refractivity contribution is 5.34. The number of ether oxygens (including phenoxy) is 1. The minimum absolute atomic E-state index is 0.446. The second-order valence-electron chi connectivity index (χ2n) is 4.40. The van der Waals surface area contributed by atoms with E-state index in [2.05, 4.69) is 5.10 Å². The van der Waals surface area contributed by atoms with E-state index in [0.29, 0.717) is 12.4 Å². The van der Waals surface area contributed by atoms with Crippen molar-refractivity contribution in [1.82, 2.24) is 9.78 Å². The zero-order valence-electron chi connectivity index (χ0n) is 10.9. The fourth-order valence-corrected chi connectivity index (χ4v) is 1.91. The van der Waals surface area contributed by atoms with E-state index in [1.54, 1.807) is 11.6 Å². The Kier molecular flexibility index (Phi) is 3.67. The Labute approximate surface area is 107 Å². The zero-order valence-corrected chi connectivity index (χ0v) is 10.9. The number of para-hydroxylation sites is 1. The van der Waals surface area contributed by atoms with Crippen molar-refractivity contribution in [1.29, 1.82) is 0 Å². The molecule has 0 saturated heterocycles. The van der Waals surface area contributed by atoms with Gasteiger partial charge < -0.3 is 9.84 Å². The first kappa shape index (κ1) is 12.6. The molecule has 0 aliphatic rings. The maximum absolute atomic E-state index is 9.66. The molecular formula is C14H18N2O2. The molecule has 1 heterocycles. The molecule has 0 aliphatic carbocycles. The Morgan fingerprint density at radius 2 is 2.11 bits per heavy atom. The smallest absolute Gasteiger partial charge is 0.130 e. The first-order valence-corrected chi connectivity index (χ1v) is 5.97. The predicted octanol–water partition coefficient (Wildman–Crippen LogP) is 2.36. The van der Waals surface area contributed by atoms with Gasteiger partial charge in [0.05, 0.1) is 17.5 Å². The van der Waals surface area contributed by atoms with E-state index in [9.17, 15) is 5.11 Å². The standard InChI is InChI=1S/C14H18N2O2/c1-10-8-12(16(3)15-10)9-18-14-7-5-4-6-13(14)11(2)17/h4-8,11,17H,9H2,1-3H3/t11-/m0/s1. The molecule has 0 saturated carbocycles. The summed E-state index contributed by atoms with van der Waals surface area (Å²) in [6, 6.07) is 9.52. The molecule has 0 aliphatic heterocycles. The number of aliphatic hydroxyl groups is 1. The highest BCUT2D eigenvalue weighted by Crippen LogP contribution is 2.25. The lowest BCUT2D eigenvalue weighted by Gasteiger charge is -2.13. The molecule has 0 fully saturated rings. The first-order chi connectivity index (χ1) is 8.58. The van der Waals surface area contributed by atoms with E-state index in [-0.39, 0.29) is 0 Å². The van der Waals surface area contributed by atoms with Gasteiger partial charge >= 0.3 is 0 Å². The van der Waals surface area contributed by atoms with Crippen molar-refractivity contribution in [2.45, 2.75) is 26.6 Å². The third-order valence-corrected chi connectivity index (χ3v) is 2.84. The van der Waals surface area contributed by atoms with Crippen LogP contribution in [0.3, 0.4) is 0 Å². The first-order valence-electron chi connectivity index (χ1n) is 5.97. The van der Waals surface area contributed by atoms with E-state index < -0.39 is 6.10 Å². The van der Waals surface area contributed by atoms with E-state index in [1.165, 1.54) is 0 Å². The summed E-state index contributed by atoms with van der Waals surface area (Å²) >= 11 is 0. The quantitative estimate of drug-likeness (QED) is 0.900. The summed E-state index contributed by atoms with van der Waals surface area (Å²) in [6.45, 7) is 4.13. The summed E-state index contributed by atoms with van der Waals surface area (Å²) in [5, 5.41) is 13.9. The van der Waals surface area contributed by atoms with Crippen molar-refractivity contribution >= 4 is 0 Å². The number of hydrogen-bond donors (Lipinski definition) is 1. The Morgan fingerprint density at radius 1 is 1.39 bits per heavy atom. The largest absolute Gasteiger partial charge is 0.487 e. The summed E-state index contributed by atoms with van der Waals surface area (Å²) in [6.07, 6.45) is -0.533. The topological polar surface area (TPSA) is 47.3 Å². The van der Waals surface area contributed by atoms with Gasteiger partial charge in [0.1, 0.15) is 12.4 Å². The van der Waals surface area contributed by atoms with Gasteiger partial charge in [0.25, 0.3) is 0 Å². The van der Waals surface area contributed by atoms with Crippen LogP contribution in [0.25, 0.3) is 0 Å². The molecule has 18 heavy (non-hydrogen) atoms. The van der Waals surface area contributed by atoms with Gasteiger partial charge in [0.2, 0.25) is 0 Å². The van der Waals surface area contributed by atoms with Crippen molar-refractivity contribution in [2.24, 2.45) is 7.05 Å². The molecule has 0 spiro atoms. The van der Waals surface area contributed by atoms with Gasteiger partial charge in [0.15, 0.2) is 0 Å². The molecule has 2 aromatic rings. The van der Waals surface area contributed by atoms with Crippen molar-refractivity contribution in [3.05, 3.63) is 47.3 Å². The van der Waals surface area contributed by atoms with Crippen LogP contribution in [-0.4, -0.2) is 14.9 Å². The Hall–Kier alpha value is -1.81. The average Bonchev–Trinajstić information content (AvgIpc) is 2.65. The molecule has 1 aromatic carbocycles. The fourth-order valence-electron chi connectivity index (χ4n) is 1.91. The highest BCUT2D eigenvalue weighted by atomic mass is 16.5. The lowest BCUT2D eigenvalue weighted by Crippen LogP contribution is -2.05. The SMILES string of the molecule is Cc1cc(COc2ccccc2[C@H](C)O)n(C)n1. The maximum atomic E-state index is 9.66. The summed E-state index contributed by atoms with van der Waals surface area (Å²) < 4.78 is 7.56. The van der Waals surface area contributed by atoms with Crippen LogP contribution in [0, 0.1) is 6.92 Å². The lowest BCUT2D eigenvalue weighted by atomic mass is 10.1. The fraction of sp³-hybridized carbons (Fsp3) is 0.357. The van der Waals surface area contributed by atoms with E-state index >= 15 is 0 Å². The van der Waals surface area contributed by atoms with Crippen molar-refractivity contribution in [3.8, 4) is 5.75 Å². The van der Waals surface area contributed by atoms with E-state index in [0.717, 1.165) is 17.0 Å². The molecule has 4 nitrogen and oxygen atoms in total. The Morgan fingerprint density at radius 3 is 2.72 bits per heavy atom. The van der Waals surface area contributed by atoms with Crippen molar-refractivity contribution < 1.29 is 9.84 Å². The van der Waals surface area contributed by atoms with Crippen LogP contribution in [0.1, 0.15) is 30.0 Å². The van der Waals surface area contributed by atoms with Gasteiger partial charge in [-0.1, -0.05) is 18.2 Å². The number of benzene rings is 1. The number of aryl methyl sites for hydroxylation is 2. The number of hydrogen-bond acceptors (Lipinski definition) is 3. The van der Waals surface area contributed by atoms with Gasteiger partial charge in [0, 0.05) is 12.6 Å². The predicted molar refractivity (Wildman–Crippen MR) is 69.4 cm³/mol. The number of aliphatic hydroxyl groups excluding tert-OH is 1. The Balaban J connectivity index is 2.13. The molecule has 0 amide bonds. The number of aromatic nitrogens is 2. The normalized spacial score (nSPS) is 12.4. The van der Waals surface area contributed by atoms with Crippen LogP contribution in [0.4, 0.5) is 0 Å². The molecule has 4 heteroatoms. The summed E-state index contributed by atoms with van der Waals surface area (Å²) in [5.74, 6) is 0.714. The molecule has 1 atom stereocenters. The van der Waals surface area contributed by atoms with Gasteiger partial charge in [-0.25, -0.2) is 0 Å². The second-order valence-corrected chi connectivity index (χ2v) is 4.40. The molecule has 96 valence electrons. The average molecular weight is 246 g/mol. The monoisotopic (exact) mass is 246 g/mol. The molecule has 1 aromatic heterocycles. The third kappa shape index (κ3) is 2.71. The van der Waals surface area contributed by atoms with Gasteiger partial charge in [-0.15, -0.1) is 0 Å². The van der Waals surface area contributed by atoms with Crippen LogP contribution >= 0.6 is 0 Å². The summed E-state index contributed by atoms with van der Waals surface area (Å²) in [7, 11) is 1.90. The van der Waals surface area contributed by atoms with Crippen molar-refractivity contribution in [3.63, 3.8) is 0 Å². The van der Waals surface area contributed by atoms with Gasteiger partial charge in [-0.2, -0.15) is 5.10 Å². The molecular weight excluding hydrogens is 228 g/mol. The van der Waals surface area contributed by atoms with Crippen LogP contribution < -0.4 is 4.74 Å². The summed E-state index contributed by atoms with van der Waals surface area (Å²) in [5.41, 5.74) is 2.78. The van der Waals surface area contributed by atoms with Crippen LogP contribution in [0.2, 0.25) is 0 Å². The van der Waals surface area contributed by atoms with Crippen LogP contribution in [-0.2, 0) is 13.7 Å². The van der Waals surface area contributed by atoms with Gasteiger partial charge in [-0.05, 0) is 26.0 Å². The van der Waals surface area contributed by atoms with E-state index in [4.69, 9.17) is 4.74 Å². The molecule has 0 bridgehead atoms.